The van der Waals surface area contributed by atoms with Crippen LogP contribution >= 0.6 is 0 Å². The van der Waals surface area contributed by atoms with Gasteiger partial charge in [-0.1, -0.05) is 6.42 Å². The zero-order valence-electron chi connectivity index (χ0n) is 11.2. The average molecular weight is 248 g/mol. The number of hydrogen-bond donors (Lipinski definition) is 1. The lowest BCUT2D eigenvalue weighted by molar-refractivity contribution is -0.178. The maximum atomic E-state index is 11.3. The van der Waals surface area contributed by atoms with Crippen molar-refractivity contribution < 1.29 is 9.90 Å². The topological polar surface area (TPSA) is 37.3 Å². The van der Waals surface area contributed by atoms with Crippen molar-refractivity contribution in [1.82, 2.24) is 0 Å². The van der Waals surface area contributed by atoms with Crippen LogP contribution in [0.1, 0.15) is 64.2 Å². The van der Waals surface area contributed by atoms with E-state index in [1.165, 1.54) is 57.8 Å². The quantitative estimate of drug-likeness (QED) is 0.823. The van der Waals surface area contributed by atoms with Gasteiger partial charge < -0.3 is 5.11 Å². The molecule has 0 aromatic rings. The minimum atomic E-state index is -0.551. The maximum absolute atomic E-state index is 11.3. The molecule has 0 unspecified atom stereocenters. The van der Waals surface area contributed by atoms with E-state index in [2.05, 4.69) is 0 Å². The molecule has 0 saturated heterocycles. The highest BCUT2D eigenvalue weighted by atomic mass is 16.4. The molecule has 5 fully saturated rings. The molecule has 5 saturated carbocycles. The Morgan fingerprint density at radius 2 is 1.50 bits per heavy atom. The normalized spacial score (nSPS) is 47.9. The lowest BCUT2D eigenvalue weighted by atomic mass is 9.38. The Hall–Kier alpha value is -0.530. The lowest BCUT2D eigenvalue weighted by Crippen LogP contribution is -2.57. The van der Waals surface area contributed by atoms with E-state index in [4.69, 9.17) is 0 Å². The highest BCUT2D eigenvalue weighted by Gasteiger charge is 2.62. The summed E-state index contributed by atoms with van der Waals surface area (Å²) < 4.78 is 0. The molecule has 0 atom stereocenters. The summed E-state index contributed by atoms with van der Waals surface area (Å²) in [4.78, 5) is 11.3. The average Bonchev–Trinajstić information content (AvgIpc) is 2.20. The SMILES string of the molecule is O=C(O)CC1(C23CC4CC(CC(C4)C2)C3)CCC1. The van der Waals surface area contributed by atoms with Crippen molar-refractivity contribution in [2.24, 2.45) is 28.6 Å². The molecular formula is C16H24O2. The van der Waals surface area contributed by atoms with Crippen molar-refractivity contribution in [1.29, 1.82) is 0 Å². The summed E-state index contributed by atoms with van der Waals surface area (Å²) in [6.07, 6.45) is 12.6. The van der Waals surface area contributed by atoms with Crippen LogP contribution in [0.2, 0.25) is 0 Å². The second kappa shape index (κ2) is 3.52. The second-order valence-electron chi connectivity index (χ2n) is 7.90. The Morgan fingerprint density at radius 1 is 1.00 bits per heavy atom. The van der Waals surface area contributed by atoms with E-state index >= 15 is 0 Å². The predicted molar refractivity (Wildman–Crippen MR) is 69.1 cm³/mol. The molecule has 0 aromatic carbocycles. The van der Waals surface area contributed by atoms with Gasteiger partial charge in [0.25, 0.3) is 0 Å². The molecule has 18 heavy (non-hydrogen) atoms. The van der Waals surface area contributed by atoms with Gasteiger partial charge in [-0.25, -0.2) is 0 Å². The van der Waals surface area contributed by atoms with Gasteiger partial charge in [-0.3, -0.25) is 4.79 Å². The first-order valence-electron chi connectivity index (χ1n) is 7.83. The second-order valence-corrected chi connectivity index (χ2v) is 7.90. The van der Waals surface area contributed by atoms with E-state index in [-0.39, 0.29) is 5.41 Å². The highest BCUT2D eigenvalue weighted by molar-refractivity contribution is 5.68. The van der Waals surface area contributed by atoms with E-state index in [0.29, 0.717) is 11.8 Å². The number of carboxylic acid groups (broad SMARTS) is 1. The maximum Gasteiger partial charge on any atom is 0.303 e. The van der Waals surface area contributed by atoms with Crippen molar-refractivity contribution >= 4 is 5.97 Å². The summed E-state index contributed by atoms with van der Waals surface area (Å²) in [6, 6.07) is 0. The molecule has 0 radical (unpaired) electrons. The zero-order chi connectivity index (χ0) is 12.4. The van der Waals surface area contributed by atoms with Crippen molar-refractivity contribution in [3.05, 3.63) is 0 Å². The van der Waals surface area contributed by atoms with Gasteiger partial charge in [0.15, 0.2) is 0 Å². The molecule has 2 nitrogen and oxygen atoms in total. The molecule has 5 rings (SSSR count). The molecule has 0 spiro atoms. The Labute approximate surface area is 109 Å². The number of hydrogen-bond acceptors (Lipinski definition) is 1. The third-order valence-electron chi connectivity index (χ3n) is 6.96. The van der Waals surface area contributed by atoms with Gasteiger partial charge >= 0.3 is 5.97 Å². The minimum Gasteiger partial charge on any atom is -0.481 e. The van der Waals surface area contributed by atoms with Crippen molar-refractivity contribution in [3.8, 4) is 0 Å². The van der Waals surface area contributed by atoms with Crippen LogP contribution in [-0.2, 0) is 4.79 Å². The van der Waals surface area contributed by atoms with Crippen LogP contribution in [0.5, 0.6) is 0 Å². The molecule has 0 aliphatic heterocycles. The van der Waals surface area contributed by atoms with Gasteiger partial charge in [0.2, 0.25) is 0 Å². The Balaban J connectivity index is 1.68. The van der Waals surface area contributed by atoms with Crippen LogP contribution in [0.3, 0.4) is 0 Å². The van der Waals surface area contributed by atoms with Crippen LogP contribution in [-0.4, -0.2) is 11.1 Å². The molecule has 0 heterocycles. The number of rotatable bonds is 3. The Morgan fingerprint density at radius 3 is 1.83 bits per heavy atom. The minimum absolute atomic E-state index is 0.203. The molecule has 1 N–H and O–H groups in total. The third-order valence-corrected chi connectivity index (χ3v) is 6.96. The van der Waals surface area contributed by atoms with Crippen LogP contribution in [0, 0.1) is 28.6 Å². The van der Waals surface area contributed by atoms with Gasteiger partial charge in [0.1, 0.15) is 0 Å². The summed E-state index contributed by atoms with van der Waals surface area (Å²) >= 11 is 0. The fourth-order valence-electron chi connectivity index (χ4n) is 6.55. The summed E-state index contributed by atoms with van der Waals surface area (Å²) in [5, 5.41) is 9.32. The molecule has 5 aliphatic rings. The standard InChI is InChI=1S/C16H24O2/c17-14(18)10-15(2-1-3-15)16-7-11-4-12(8-16)6-13(5-11)9-16/h11-13H,1-10H2,(H,17,18). The smallest absolute Gasteiger partial charge is 0.303 e. The van der Waals surface area contributed by atoms with Gasteiger partial charge in [0, 0.05) is 0 Å². The molecule has 5 aliphatic carbocycles. The van der Waals surface area contributed by atoms with Gasteiger partial charge in [-0.2, -0.15) is 0 Å². The number of aliphatic carboxylic acids is 1. The fourth-order valence-corrected chi connectivity index (χ4v) is 6.55. The Kier molecular flexibility index (Phi) is 2.21. The van der Waals surface area contributed by atoms with Crippen LogP contribution in [0.25, 0.3) is 0 Å². The number of carboxylic acids is 1. The number of carbonyl (C=O) groups is 1. The van der Waals surface area contributed by atoms with Crippen LogP contribution < -0.4 is 0 Å². The summed E-state index contributed by atoms with van der Waals surface area (Å²) in [5.74, 6) is 2.29. The van der Waals surface area contributed by atoms with Crippen LogP contribution in [0.4, 0.5) is 0 Å². The first-order valence-corrected chi connectivity index (χ1v) is 7.83. The van der Waals surface area contributed by atoms with Crippen molar-refractivity contribution in [2.75, 3.05) is 0 Å². The first-order chi connectivity index (χ1) is 8.61. The zero-order valence-corrected chi connectivity index (χ0v) is 11.2. The fraction of sp³-hybridized carbons (Fsp3) is 0.938. The van der Waals surface area contributed by atoms with E-state index in [1.807, 2.05) is 0 Å². The van der Waals surface area contributed by atoms with Gasteiger partial charge in [0.05, 0.1) is 6.42 Å². The largest absolute Gasteiger partial charge is 0.481 e. The van der Waals surface area contributed by atoms with Crippen molar-refractivity contribution in [3.63, 3.8) is 0 Å². The molecule has 0 aromatic heterocycles. The Bertz CT molecular complexity index is 345. The first kappa shape index (κ1) is 11.3. The van der Waals surface area contributed by atoms with E-state index in [0.717, 1.165) is 17.8 Å². The van der Waals surface area contributed by atoms with E-state index in [1.54, 1.807) is 0 Å². The van der Waals surface area contributed by atoms with Crippen LogP contribution in [0.15, 0.2) is 0 Å². The van der Waals surface area contributed by atoms with E-state index < -0.39 is 5.97 Å². The molecular weight excluding hydrogens is 224 g/mol. The summed E-state index contributed by atoms with van der Waals surface area (Å²) in [5.41, 5.74) is 0.646. The third kappa shape index (κ3) is 1.38. The molecule has 2 heteroatoms. The predicted octanol–water partition coefficient (Wildman–Crippen LogP) is 3.85. The van der Waals surface area contributed by atoms with Gasteiger partial charge in [-0.05, 0) is 80.0 Å². The van der Waals surface area contributed by atoms with Gasteiger partial charge in [-0.15, -0.1) is 0 Å². The molecule has 0 amide bonds. The lowest BCUT2D eigenvalue weighted by Gasteiger charge is -2.66. The summed E-state index contributed by atoms with van der Waals surface area (Å²) in [7, 11) is 0. The van der Waals surface area contributed by atoms with Crippen molar-refractivity contribution in [2.45, 2.75) is 64.2 Å². The molecule has 4 bridgehead atoms. The summed E-state index contributed by atoms with van der Waals surface area (Å²) in [6.45, 7) is 0. The monoisotopic (exact) mass is 248 g/mol. The van der Waals surface area contributed by atoms with E-state index in [9.17, 15) is 9.90 Å². The highest BCUT2D eigenvalue weighted by Crippen LogP contribution is 2.71. The molecule has 100 valence electrons.